The van der Waals surface area contributed by atoms with Crippen LogP contribution in [-0.2, 0) is 6.54 Å². The lowest BCUT2D eigenvalue weighted by Gasteiger charge is -2.09. The highest BCUT2D eigenvalue weighted by molar-refractivity contribution is 6.36. The molecule has 1 unspecified atom stereocenters. The van der Waals surface area contributed by atoms with E-state index in [0.717, 1.165) is 28.0 Å². The Bertz CT molecular complexity index is 551. The zero-order valence-electron chi connectivity index (χ0n) is 9.76. The fourth-order valence-corrected chi connectivity index (χ4v) is 2.09. The summed E-state index contributed by atoms with van der Waals surface area (Å²) in [5.74, 6) is 2.64. The maximum Gasteiger partial charge on any atom is 0.0705 e. The standard InChI is InChI=1S/C14H15ClN2/c1-3-6-10(2)16-9-13-14(15)11-7-4-5-8-12(11)17-13/h1,4-5,7-8,10,16-17H,6,9H2,2H3. The molecule has 0 bridgehead atoms. The number of aromatic amines is 1. The Balaban J connectivity index is 2.14. The van der Waals surface area contributed by atoms with E-state index in [1.165, 1.54) is 0 Å². The van der Waals surface area contributed by atoms with Crippen molar-refractivity contribution < 1.29 is 0 Å². The molecule has 88 valence electrons. The van der Waals surface area contributed by atoms with E-state index >= 15 is 0 Å². The molecule has 3 heteroatoms. The zero-order chi connectivity index (χ0) is 12.3. The van der Waals surface area contributed by atoms with Gasteiger partial charge in [-0.1, -0.05) is 29.8 Å². The third-order valence-electron chi connectivity index (χ3n) is 2.77. The molecular formula is C14H15ClN2. The molecule has 1 atom stereocenters. The predicted octanol–water partition coefficient (Wildman–Crippen LogP) is 3.32. The second-order valence-corrected chi connectivity index (χ2v) is 4.53. The molecule has 1 aromatic heterocycles. The summed E-state index contributed by atoms with van der Waals surface area (Å²) >= 11 is 6.31. The van der Waals surface area contributed by atoms with Gasteiger partial charge >= 0.3 is 0 Å². The van der Waals surface area contributed by atoms with Gasteiger partial charge in [-0.25, -0.2) is 0 Å². The molecule has 0 amide bonds. The Kier molecular flexibility index (Phi) is 3.73. The molecule has 0 spiro atoms. The first kappa shape index (κ1) is 12.0. The third kappa shape index (κ3) is 2.63. The molecular weight excluding hydrogens is 232 g/mol. The number of nitrogens with one attached hydrogen (secondary N) is 2. The van der Waals surface area contributed by atoms with Crippen LogP contribution in [0.3, 0.4) is 0 Å². The van der Waals surface area contributed by atoms with E-state index in [0.29, 0.717) is 12.6 Å². The molecule has 0 radical (unpaired) electrons. The van der Waals surface area contributed by atoms with Crippen molar-refractivity contribution in [1.29, 1.82) is 0 Å². The van der Waals surface area contributed by atoms with Crippen molar-refractivity contribution in [3.8, 4) is 12.3 Å². The number of fused-ring (bicyclic) bond motifs is 1. The molecule has 1 heterocycles. The maximum absolute atomic E-state index is 6.31. The Morgan fingerprint density at radius 2 is 2.24 bits per heavy atom. The van der Waals surface area contributed by atoms with Gasteiger partial charge in [-0.3, -0.25) is 0 Å². The normalized spacial score (nSPS) is 12.5. The van der Waals surface area contributed by atoms with E-state index in [9.17, 15) is 0 Å². The van der Waals surface area contributed by atoms with Gasteiger partial charge in [0.15, 0.2) is 0 Å². The van der Waals surface area contributed by atoms with Gasteiger partial charge in [-0.2, -0.15) is 0 Å². The smallest absolute Gasteiger partial charge is 0.0705 e. The maximum atomic E-state index is 6.31. The quantitative estimate of drug-likeness (QED) is 0.796. The summed E-state index contributed by atoms with van der Waals surface area (Å²) < 4.78 is 0. The highest BCUT2D eigenvalue weighted by Crippen LogP contribution is 2.26. The zero-order valence-corrected chi connectivity index (χ0v) is 10.5. The Morgan fingerprint density at radius 3 is 2.94 bits per heavy atom. The minimum absolute atomic E-state index is 0.294. The van der Waals surface area contributed by atoms with Crippen molar-refractivity contribution in [1.82, 2.24) is 10.3 Å². The van der Waals surface area contributed by atoms with Gasteiger partial charge in [-0.15, -0.1) is 12.3 Å². The molecule has 2 rings (SSSR count). The summed E-state index contributed by atoms with van der Waals surface area (Å²) in [4.78, 5) is 3.32. The largest absolute Gasteiger partial charge is 0.356 e. The van der Waals surface area contributed by atoms with Crippen LogP contribution in [0.1, 0.15) is 19.0 Å². The van der Waals surface area contributed by atoms with Crippen molar-refractivity contribution in [2.75, 3.05) is 0 Å². The first-order valence-corrected chi connectivity index (χ1v) is 6.02. The van der Waals surface area contributed by atoms with Gasteiger partial charge in [0.25, 0.3) is 0 Å². The van der Waals surface area contributed by atoms with Gasteiger partial charge in [-0.05, 0) is 13.0 Å². The predicted molar refractivity (Wildman–Crippen MR) is 73.1 cm³/mol. The lowest BCUT2D eigenvalue weighted by atomic mass is 10.2. The lowest BCUT2D eigenvalue weighted by molar-refractivity contribution is 0.555. The number of para-hydroxylation sites is 1. The topological polar surface area (TPSA) is 27.8 Å². The molecule has 0 saturated heterocycles. The van der Waals surface area contributed by atoms with Crippen LogP contribution in [0.5, 0.6) is 0 Å². The van der Waals surface area contributed by atoms with Crippen LogP contribution in [0, 0.1) is 12.3 Å². The van der Waals surface area contributed by atoms with Gasteiger partial charge in [0.1, 0.15) is 0 Å². The number of halogens is 1. The number of rotatable bonds is 4. The molecule has 0 aliphatic heterocycles. The number of benzene rings is 1. The summed E-state index contributed by atoms with van der Waals surface area (Å²) in [6, 6.07) is 8.31. The summed E-state index contributed by atoms with van der Waals surface area (Å²) in [7, 11) is 0. The molecule has 0 aliphatic rings. The van der Waals surface area contributed by atoms with Crippen LogP contribution in [0.4, 0.5) is 0 Å². The van der Waals surface area contributed by atoms with Gasteiger partial charge < -0.3 is 10.3 Å². The van der Waals surface area contributed by atoms with Gasteiger partial charge in [0, 0.05) is 35.6 Å². The Morgan fingerprint density at radius 1 is 1.47 bits per heavy atom. The van der Waals surface area contributed by atoms with Crippen LogP contribution in [0.25, 0.3) is 10.9 Å². The summed E-state index contributed by atoms with van der Waals surface area (Å²) in [5.41, 5.74) is 2.08. The van der Waals surface area contributed by atoms with E-state index in [1.54, 1.807) is 0 Å². The number of aromatic nitrogens is 1. The molecule has 2 N–H and O–H groups in total. The Labute approximate surface area is 106 Å². The van der Waals surface area contributed by atoms with Crippen LogP contribution in [-0.4, -0.2) is 11.0 Å². The second kappa shape index (κ2) is 5.27. The molecule has 0 aliphatic carbocycles. The van der Waals surface area contributed by atoms with Gasteiger partial charge in [0.2, 0.25) is 0 Å². The van der Waals surface area contributed by atoms with Crippen molar-refractivity contribution >= 4 is 22.5 Å². The van der Waals surface area contributed by atoms with E-state index in [4.69, 9.17) is 18.0 Å². The van der Waals surface area contributed by atoms with Crippen LogP contribution >= 0.6 is 11.6 Å². The fraction of sp³-hybridized carbons (Fsp3) is 0.286. The average molecular weight is 247 g/mol. The van der Waals surface area contributed by atoms with Crippen molar-refractivity contribution in [2.45, 2.75) is 25.9 Å². The fourth-order valence-electron chi connectivity index (χ4n) is 1.81. The number of H-pyrrole nitrogens is 1. The number of hydrogen-bond donors (Lipinski definition) is 2. The molecule has 1 aromatic carbocycles. The van der Waals surface area contributed by atoms with E-state index in [-0.39, 0.29) is 0 Å². The highest BCUT2D eigenvalue weighted by Gasteiger charge is 2.09. The van der Waals surface area contributed by atoms with Crippen molar-refractivity contribution in [2.24, 2.45) is 0 Å². The highest BCUT2D eigenvalue weighted by atomic mass is 35.5. The minimum atomic E-state index is 0.294. The van der Waals surface area contributed by atoms with Crippen LogP contribution in [0.2, 0.25) is 5.02 Å². The first-order valence-electron chi connectivity index (χ1n) is 5.64. The molecule has 2 aromatic rings. The number of hydrogen-bond acceptors (Lipinski definition) is 1. The van der Waals surface area contributed by atoms with Crippen molar-refractivity contribution in [3.05, 3.63) is 35.0 Å². The summed E-state index contributed by atoms with van der Waals surface area (Å²) in [6.45, 7) is 2.77. The molecule has 2 nitrogen and oxygen atoms in total. The first-order chi connectivity index (χ1) is 8.22. The monoisotopic (exact) mass is 246 g/mol. The van der Waals surface area contributed by atoms with Crippen molar-refractivity contribution in [3.63, 3.8) is 0 Å². The molecule has 0 saturated carbocycles. The van der Waals surface area contributed by atoms with E-state index < -0.39 is 0 Å². The minimum Gasteiger partial charge on any atom is -0.356 e. The van der Waals surface area contributed by atoms with E-state index in [2.05, 4.69) is 23.1 Å². The van der Waals surface area contributed by atoms with Gasteiger partial charge in [0.05, 0.1) is 5.02 Å². The SMILES string of the molecule is C#CCC(C)NCc1[nH]c2ccccc2c1Cl. The molecule has 0 fully saturated rings. The third-order valence-corrected chi connectivity index (χ3v) is 3.20. The lowest BCUT2D eigenvalue weighted by Crippen LogP contribution is -2.25. The summed E-state index contributed by atoms with van der Waals surface area (Å²) in [6.07, 6.45) is 5.99. The van der Waals surface area contributed by atoms with Crippen LogP contribution in [0.15, 0.2) is 24.3 Å². The van der Waals surface area contributed by atoms with E-state index in [1.807, 2.05) is 24.3 Å². The Hall–Kier alpha value is -1.43. The van der Waals surface area contributed by atoms with Crippen LogP contribution < -0.4 is 5.32 Å². The average Bonchev–Trinajstić information content (AvgIpc) is 2.65. The second-order valence-electron chi connectivity index (χ2n) is 4.15. The number of terminal acetylenes is 1. The molecule has 17 heavy (non-hydrogen) atoms. The summed E-state index contributed by atoms with van der Waals surface area (Å²) in [5, 5.41) is 5.20.